The van der Waals surface area contributed by atoms with Gasteiger partial charge in [-0.15, -0.1) is 10.2 Å². The number of hydrogen-bond donors (Lipinski definition) is 1. The SMILES string of the molecule is O=C(Nc1nnc(SCC(=O)N2CCC(Cc3ccccc3)CC2)s1)c1cc(C2CC2)on1. The molecule has 10 heteroatoms. The van der Waals surface area contributed by atoms with Gasteiger partial charge in [-0.2, -0.15) is 0 Å². The van der Waals surface area contributed by atoms with Crippen LogP contribution < -0.4 is 5.32 Å². The van der Waals surface area contributed by atoms with Crippen LogP contribution in [0.25, 0.3) is 0 Å². The molecule has 1 aliphatic heterocycles. The van der Waals surface area contributed by atoms with Gasteiger partial charge in [-0.1, -0.05) is 58.6 Å². The van der Waals surface area contributed by atoms with Gasteiger partial charge in [0.1, 0.15) is 5.76 Å². The number of likely N-dealkylation sites (tertiary alicyclic amines) is 1. The summed E-state index contributed by atoms with van der Waals surface area (Å²) in [5, 5.41) is 15.0. The van der Waals surface area contributed by atoms with Crippen molar-refractivity contribution >= 4 is 40.0 Å². The maximum atomic E-state index is 12.6. The predicted molar refractivity (Wildman–Crippen MR) is 127 cm³/mol. The molecule has 2 fully saturated rings. The van der Waals surface area contributed by atoms with Crippen LogP contribution >= 0.6 is 23.1 Å². The number of thioether (sulfide) groups is 1. The summed E-state index contributed by atoms with van der Waals surface area (Å²) in [6, 6.07) is 12.2. The van der Waals surface area contributed by atoms with Gasteiger partial charge in [0.25, 0.3) is 5.91 Å². The van der Waals surface area contributed by atoms with E-state index >= 15 is 0 Å². The van der Waals surface area contributed by atoms with Gasteiger partial charge < -0.3 is 9.42 Å². The lowest BCUT2D eigenvalue weighted by Crippen LogP contribution is -2.39. The van der Waals surface area contributed by atoms with E-state index in [4.69, 9.17) is 4.52 Å². The smallest absolute Gasteiger partial charge is 0.279 e. The summed E-state index contributed by atoms with van der Waals surface area (Å²) in [5.41, 5.74) is 1.61. The van der Waals surface area contributed by atoms with Gasteiger partial charge in [0.15, 0.2) is 10.0 Å². The number of anilines is 1. The molecule has 1 aromatic carbocycles. The molecule has 2 aromatic heterocycles. The van der Waals surface area contributed by atoms with E-state index in [0.29, 0.717) is 27.1 Å². The molecule has 0 spiro atoms. The van der Waals surface area contributed by atoms with Gasteiger partial charge >= 0.3 is 0 Å². The third-order valence-electron chi connectivity index (χ3n) is 6.02. The first kappa shape index (κ1) is 22.1. The van der Waals surface area contributed by atoms with Crippen LogP contribution in [-0.2, 0) is 11.2 Å². The molecule has 2 amide bonds. The number of benzene rings is 1. The zero-order valence-corrected chi connectivity index (χ0v) is 19.7. The second kappa shape index (κ2) is 10.0. The largest absolute Gasteiger partial charge is 0.360 e. The zero-order chi connectivity index (χ0) is 22.6. The van der Waals surface area contributed by atoms with Crippen molar-refractivity contribution in [2.24, 2.45) is 5.92 Å². The number of nitrogens with one attached hydrogen (secondary N) is 1. The lowest BCUT2D eigenvalue weighted by molar-refractivity contribution is -0.129. The van der Waals surface area contributed by atoms with Crippen LogP contribution in [0.3, 0.4) is 0 Å². The van der Waals surface area contributed by atoms with Crippen molar-refractivity contribution in [3.8, 4) is 0 Å². The van der Waals surface area contributed by atoms with E-state index in [1.165, 1.54) is 28.7 Å². The van der Waals surface area contributed by atoms with Gasteiger partial charge in [-0.05, 0) is 43.6 Å². The molecule has 2 aliphatic rings. The van der Waals surface area contributed by atoms with Crippen molar-refractivity contribution in [3.05, 3.63) is 53.4 Å². The van der Waals surface area contributed by atoms with Crippen LogP contribution in [0, 0.1) is 5.92 Å². The summed E-state index contributed by atoms with van der Waals surface area (Å²) in [5.74, 6) is 1.86. The Morgan fingerprint density at radius 2 is 1.91 bits per heavy atom. The standard InChI is InChI=1S/C23H25N5O3S2/c29-20(28-10-8-16(9-11-28)12-15-4-2-1-3-5-15)14-32-23-26-25-22(33-23)24-21(30)18-13-19(31-27-18)17-6-7-17/h1-5,13,16-17H,6-12,14H2,(H,24,25,30). The Morgan fingerprint density at radius 3 is 2.67 bits per heavy atom. The van der Waals surface area contributed by atoms with E-state index in [0.717, 1.165) is 51.0 Å². The molecule has 8 nitrogen and oxygen atoms in total. The highest BCUT2D eigenvalue weighted by molar-refractivity contribution is 8.01. The topological polar surface area (TPSA) is 101 Å². The van der Waals surface area contributed by atoms with Gasteiger partial charge in [-0.25, -0.2) is 0 Å². The van der Waals surface area contributed by atoms with E-state index in [1.807, 2.05) is 11.0 Å². The van der Waals surface area contributed by atoms with Crippen LogP contribution in [0.1, 0.15) is 53.4 Å². The van der Waals surface area contributed by atoms with Gasteiger partial charge in [0, 0.05) is 25.1 Å². The minimum absolute atomic E-state index is 0.120. The molecule has 3 heterocycles. The lowest BCUT2D eigenvalue weighted by atomic mass is 9.90. The van der Waals surface area contributed by atoms with Crippen LogP contribution in [0.5, 0.6) is 0 Å². The van der Waals surface area contributed by atoms with Crippen molar-refractivity contribution < 1.29 is 14.1 Å². The Kier molecular flexibility index (Phi) is 6.73. The number of amides is 2. The van der Waals surface area contributed by atoms with Gasteiger partial charge in [0.2, 0.25) is 11.0 Å². The predicted octanol–water partition coefficient (Wildman–Crippen LogP) is 4.23. The summed E-state index contributed by atoms with van der Waals surface area (Å²) in [4.78, 5) is 26.9. The van der Waals surface area contributed by atoms with E-state index in [1.54, 1.807) is 6.07 Å². The lowest BCUT2D eigenvalue weighted by Gasteiger charge is -2.32. The molecule has 172 valence electrons. The summed E-state index contributed by atoms with van der Waals surface area (Å²) in [7, 11) is 0. The molecule has 0 atom stereocenters. The molecule has 33 heavy (non-hydrogen) atoms. The number of aromatic nitrogens is 3. The second-order valence-corrected chi connectivity index (χ2v) is 10.7. The van der Waals surface area contributed by atoms with Gasteiger partial charge in [-0.3, -0.25) is 14.9 Å². The molecule has 5 rings (SSSR count). The van der Waals surface area contributed by atoms with Crippen LogP contribution in [-0.4, -0.2) is 50.9 Å². The summed E-state index contributed by atoms with van der Waals surface area (Å²) in [6.45, 7) is 1.60. The molecule has 1 N–H and O–H groups in total. The zero-order valence-electron chi connectivity index (χ0n) is 18.1. The third kappa shape index (κ3) is 5.80. The van der Waals surface area contributed by atoms with Crippen LogP contribution in [0.15, 0.2) is 45.3 Å². The fourth-order valence-electron chi connectivity index (χ4n) is 3.99. The Balaban J connectivity index is 1.05. The maximum Gasteiger partial charge on any atom is 0.279 e. The van der Waals surface area contributed by atoms with E-state index < -0.39 is 0 Å². The van der Waals surface area contributed by atoms with E-state index in [9.17, 15) is 9.59 Å². The first-order chi connectivity index (χ1) is 16.1. The molecular weight excluding hydrogens is 458 g/mol. The summed E-state index contributed by atoms with van der Waals surface area (Å²) in [6.07, 6.45) is 5.30. The van der Waals surface area contributed by atoms with Crippen molar-refractivity contribution in [2.75, 3.05) is 24.2 Å². The Hall–Kier alpha value is -2.72. The van der Waals surface area contributed by atoms with Crippen molar-refractivity contribution in [3.63, 3.8) is 0 Å². The number of nitrogens with zero attached hydrogens (tertiary/aromatic N) is 4. The molecule has 0 bridgehead atoms. The average molecular weight is 484 g/mol. The summed E-state index contributed by atoms with van der Waals surface area (Å²) >= 11 is 2.61. The fraction of sp³-hybridized carbons (Fsp3) is 0.435. The average Bonchev–Trinajstić information content (AvgIpc) is 3.39. The highest BCUT2D eigenvalue weighted by Crippen LogP contribution is 2.40. The molecule has 1 saturated heterocycles. The second-order valence-electron chi connectivity index (χ2n) is 8.52. The van der Waals surface area contributed by atoms with Crippen molar-refractivity contribution in [1.82, 2.24) is 20.3 Å². The van der Waals surface area contributed by atoms with Crippen molar-refractivity contribution in [2.45, 2.75) is 42.4 Å². The molecule has 1 aliphatic carbocycles. The number of rotatable bonds is 8. The van der Waals surface area contributed by atoms with Crippen molar-refractivity contribution in [1.29, 1.82) is 0 Å². The highest BCUT2D eigenvalue weighted by atomic mass is 32.2. The molecule has 3 aromatic rings. The first-order valence-corrected chi connectivity index (χ1v) is 13.0. The number of carbonyl (C=O) groups excluding carboxylic acids is 2. The minimum Gasteiger partial charge on any atom is -0.360 e. The maximum absolute atomic E-state index is 12.6. The summed E-state index contributed by atoms with van der Waals surface area (Å²) < 4.78 is 5.87. The monoisotopic (exact) mass is 483 g/mol. The van der Waals surface area contributed by atoms with Gasteiger partial charge in [0.05, 0.1) is 5.75 Å². The molecule has 0 unspecified atom stereocenters. The van der Waals surface area contributed by atoms with Crippen LogP contribution in [0.4, 0.5) is 5.13 Å². The number of carbonyl (C=O) groups is 2. The Bertz CT molecular complexity index is 1100. The number of piperidine rings is 1. The quantitative estimate of drug-likeness (QED) is 0.378. The minimum atomic E-state index is -0.368. The van der Waals surface area contributed by atoms with E-state index in [-0.39, 0.29) is 17.5 Å². The molecular formula is C23H25N5O3S2. The third-order valence-corrected chi connectivity index (χ3v) is 7.98. The first-order valence-electron chi connectivity index (χ1n) is 11.2. The Labute approximate surface area is 200 Å². The Morgan fingerprint density at radius 1 is 1.12 bits per heavy atom. The van der Waals surface area contributed by atoms with Crippen LogP contribution in [0.2, 0.25) is 0 Å². The molecule has 1 saturated carbocycles. The fourth-order valence-corrected chi connectivity index (χ4v) is 5.63. The highest BCUT2D eigenvalue weighted by Gasteiger charge is 2.29. The molecule has 0 radical (unpaired) electrons. The van der Waals surface area contributed by atoms with E-state index in [2.05, 4.69) is 44.9 Å². The normalized spacial score (nSPS) is 16.7. The number of hydrogen-bond acceptors (Lipinski definition) is 8.